The van der Waals surface area contributed by atoms with Gasteiger partial charge in [-0.25, -0.2) is 0 Å². The van der Waals surface area contributed by atoms with E-state index < -0.39 is 5.25 Å². The van der Waals surface area contributed by atoms with E-state index in [1.807, 2.05) is 11.5 Å². The number of aryl methyl sites for hydroxylation is 1. The summed E-state index contributed by atoms with van der Waals surface area (Å²) >= 11 is 3.05. The van der Waals surface area contributed by atoms with Gasteiger partial charge in [-0.2, -0.15) is 0 Å². The number of rotatable bonds is 11. The van der Waals surface area contributed by atoms with E-state index in [1.165, 1.54) is 22.2 Å². The minimum absolute atomic E-state index is 0.171. The van der Waals surface area contributed by atoms with Gasteiger partial charge >= 0.3 is 0 Å². The molecule has 1 N–H and O–H groups in total. The van der Waals surface area contributed by atoms with Crippen molar-refractivity contribution < 1.29 is 14.3 Å². The molecule has 3 aromatic rings. The van der Waals surface area contributed by atoms with E-state index in [1.54, 1.807) is 50.3 Å². The second kappa shape index (κ2) is 11.8. The molecular weight excluding hydrogens is 456 g/mol. The van der Waals surface area contributed by atoms with Gasteiger partial charge in [-0.05, 0) is 38.1 Å². The van der Waals surface area contributed by atoms with Gasteiger partial charge in [0.25, 0.3) is 0 Å². The average molecular weight is 485 g/mol. The topological polar surface area (TPSA) is 78.3 Å². The number of nitrogens with zero attached hydrogens (tertiary/aromatic N) is 3. The molecule has 0 spiro atoms. The highest BCUT2D eigenvalue weighted by Gasteiger charge is 2.21. The SMILES string of the molecule is C=CCn1c(CSc2ccc(C)cc2)nnc1SC(C)C(=O)Nc1cc(OC)ccc1OC. The molecule has 3 rings (SSSR count). The van der Waals surface area contributed by atoms with Crippen LogP contribution in [0.4, 0.5) is 5.69 Å². The number of carbonyl (C=O) groups is 1. The molecule has 2 aromatic carbocycles. The molecule has 1 heterocycles. The lowest BCUT2D eigenvalue weighted by Gasteiger charge is -2.15. The van der Waals surface area contributed by atoms with Crippen LogP contribution in [0.15, 0.2) is 65.2 Å². The summed E-state index contributed by atoms with van der Waals surface area (Å²) in [5, 5.41) is 11.9. The fourth-order valence-corrected chi connectivity index (χ4v) is 4.68. The van der Waals surface area contributed by atoms with Gasteiger partial charge in [0.15, 0.2) is 5.16 Å². The fraction of sp³-hybridized carbons (Fsp3) is 0.292. The largest absolute Gasteiger partial charge is 0.497 e. The van der Waals surface area contributed by atoms with Crippen LogP contribution in [-0.4, -0.2) is 40.1 Å². The van der Waals surface area contributed by atoms with Gasteiger partial charge < -0.3 is 19.4 Å². The lowest BCUT2D eigenvalue weighted by Crippen LogP contribution is -2.23. The van der Waals surface area contributed by atoms with E-state index in [9.17, 15) is 4.79 Å². The van der Waals surface area contributed by atoms with Crippen LogP contribution >= 0.6 is 23.5 Å². The lowest BCUT2D eigenvalue weighted by atomic mass is 10.2. The van der Waals surface area contributed by atoms with Gasteiger partial charge in [-0.15, -0.1) is 28.5 Å². The fourth-order valence-electron chi connectivity index (χ4n) is 2.97. The molecule has 1 atom stereocenters. The molecule has 33 heavy (non-hydrogen) atoms. The van der Waals surface area contributed by atoms with Crippen molar-refractivity contribution in [2.75, 3.05) is 19.5 Å². The maximum Gasteiger partial charge on any atom is 0.237 e. The number of methoxy groups -OCH3 is 2. The van der Waals surface area contributed by atoms with Crippen molar-refractivity contribution in [1.29, 1.82) is 0 Å². The number of amides is 1. The zero-order valence-electron chi connectivity index (χ0n) is 19.2. The number of nitrogens with one attached hydrogen (secondary N) is 1. The minimum atomic E-state index is -0.411. The molecular formula is C24H28N4O3S2. The number of ether oxygens (including phenoxy) is 2. The second-order valence-corrected chi connectivity index (χ2v) is 9.57. The predicted octanol–water partition coefficient (Wildman–Crippen LogP) is 5.20. The number of benzene rings is 2. The Bertz CT molecular complexity index is 1100. The zero-order valence-corrected chi connectivity index (χ0v) is 20.8. The first-order valence-electron chi connectivity index (χ1n) is 10.4. The summed E-state index contributed by atoms with van der Waals surface area (Å²) in [6, 6.07) is 13.7. The highest BCUT2D eigenvalue weighted by atomic mass is 32.2. The maximum absolute atomic E-state index is 12.9. The molecule has 0 aliphatic heterocycles. The van der Waals surface area contributed by atoms with Crippen LogP contribution in [0, 0.1) is 6.92 Å². The lowest BCUT2D eigenvalue weighted by molar-refractivity contribution is -0.115. The Balaban J connectivity index is 1.69. The van der Waals surface area contributed by atoms with Crippen molar-refractivity contribution in [3.05, 3.63) is 66.5 Å². The number of thioether (sulfide) groups is 2. The van der Waals surface area contributed by atoms with E-state index in [2.05, 4.69) is 53.3 Å². The summed E-state index contributed by atoms with van der Waals surface area (Å²) in [7, 11) is 3.14. The number of hydrogen-bond acceptors (Lipinski definition) is 7. The standard InChI is InChI=1S/C24H28N4O3S2/c1-6-13-28-22(15-32-19-10-7-16(2)8-11-19)26-27-24(28)33-17(3)23(29)25-20-14-18(30-4)9-12-21(20)31-5/h6-12,14,17H,1,13,15H2,2-5H3,(H,25,29). The van der Waals surface area contributed by atoms with Crippen LogP contribution < -0.4 is 14.8 Å². The van der Waals surface area contributed by atoms with Crippen molar-refractivity contribution in [2.24, 2.45) is 0 Å². The first-order valence-corrected chi connectivity index (χ1v) is 12.2. The van der Waals surface area contributed by atoms with Crippen molar-refractivity contribution in [3.8, 4) is 11.5 Å². The normalized spacial score (nSPS) is 11.6. The first-order chi connectivity index (χ1) is 15.9. The molecule has 0 fully saturated rings. The highest BCUT2D eigenvalue weighted by molar-refractivity contribution is 8.00. The Hall–Kier alpha value is -2.91. The number of anilines is 1. The van der Waals surface area contributed by atoms with Crippen molar-refractivity contribution in [3.63, 3.8) is 0 Å². The first kappa shape index (κ1) is 24.7. The van der Waals surface area contributed by atoms with Crippen LogP contribution in [0.25, 0.3) is 0 Å². The summed E-state index contributed by atoms with van der Waals surface area (Å²) in [6.45, 7) is 8.32. The maximum atomic E-state index is 12.9. The molecule has 0 radical (unpaired) electrons. The summed E-state index contributed by atoms with van der Waals surface area (Å²) < 4.78 is 12.6. The van der Waals surface area contributed by atoms with Crippen LogP contribution in [0.2, 0.25) is 0 Å². The van der Waals surface area contributed by atoms with Crippen LogP contribution in [0.1, 0.15) is 18.3 Å². The van der Waals surface area contributed by atoms with Gasteiger partial charge in [-0.3, -0.25) is 4.79 Å². The summed E-state index contributed by atoms with van der Waals surface area (Å²) in [5.74, 6) is 2.53. The quantitative estimate of drug-likeness (QED) is 0.296. The number of carbonyl (C=O) groups excluding carboxylic acids is 1. The molecule has 0 aliphatic rings. The molecule has 9 heteroatoms. The van der Waals surface area contributed by atoms with Gasteiger partial charge in [0.1, 0.15) is 17.3 Å². The molecule has 7 nitrogen and oxygen atoms in total. The monoisotopic (exact) mass is 484 g/mol. The van der Waals surface area contributed by atoms with Crippen LogP contribution in [-0.2, 0) is 17.1 Å². The third-order valence-corrected chi connectivity index (χ3v) is 6.90. The van der Waals surface area contributed by atoms with Gasteiger partial charge in [0, 0.05) is 17.5 Å². The third-order valence-electron chi connectivity index (χ3n) is 4.81. The third kappa shape index (κ3) is 6.55. The van der Waals surface area contributed by atoms with Gasteiger partial charge in [0.05, 0.1) is 30.9 Å². The average Bonchev–Trinajstić information content (AvgIpc) is 3.19. The predicted molar refractivity (Wildman–Crippen MR) is 134 cm³/mol. The Labute approximate surface area is 203 Å². The Morgan fingerprint density at radius 2 is 1.94 bits per heavy atom. The van der Waals surface area contributed by atoms with E-state index >= 15 is 0 Å². The van der Waals surface area contributed by atoms with E-state index in [4.69, 9.17) is 9.47 Å². The molecule has 0 bridgehead atoms. The molecule has 0 aliphatic carbocycles. The smallest absolute Gasteiger partial charge is 0.237 e. The number of allylic oxidation sites excluding steroid dienone is 1. The molecule has 0 saturated heterocycles. The molecule has 1 amide bonds. The Morgan fingerprint density at radius 1 is 1.18 bits per heavy atom. The van der Waals surface area contributed by atoms with Crippen molar-refractivity contribution >= 4 is 35.1 Å². The Morgan fingerprint density at radius 3 is 2.61 bits per heavy atom. The molecule has 174 valence electrons. The summed E-state index contributed by atoms with van der Waals surface area (Å²) in [4.78, 5) is 14.1. The zero-order chi connectivity index (χ0) is 23.8. The van der Waals surface area contributed by atoms with E-state index in [0.717, 1.165) is 5.82 Å². The van der Waals surface area contributed by atoms with E-state index in [-0.39, 0.29) is 5.91 Å². The van der Waals surface area contributed by atoms with Crippen molar-refractivity contribution in [1.82, 2.24) is 14.8 Å². The Kier molecular flexibility index (Phi) is 8.85. The van der Waals surface area contributed by atoms with Crippen LogP contribution in [0.5, 0.6) is 11.5 Å². The van der Waals surface area contributed by atoms with Gasteiger partial charge in [0.2, 0.25) is 5.91 Å². The van der Waals surface area contributed by atoms with Gasteiger partial charge in [-0.1, -0.05) is 35.5 Å². The minimum Gasteiger partial charge on any atom is -0.497 e. The second-order valence-electron chi connectivity index (χ2n) is 7.22. The van der Waals surface area contributed by atoms with Crippen LogP contribution in [0.3, 0.4) is 0 Å². The molecule has 0 saturated carbocycles. The van der Waals surface area contributed by atoms with E-state index in [0.29, 0.717) is 34.6 Å². The number of aromatic nitrogens is 3. The number of hydrogen-bond donors (Lipinski definition) is 1. The summed E-state index contributed by atoms with van der Waals surface area (Å²) in [6.07, 6.45) is 1.80. The van der Waals surface area contributed by atoms with Crippen molar-refractivity contribution in [2.45, 2.75) is 41.4 Å². The summed E-state index contributed by atoms with van der Waals surface area (Å²) in [5.41, 5.74) is 1.78. The molecule has 1 unspecified atom stereocenters. The molecule has 1 aromatic heterocycles. The highest BCUT2D eigenvalue weighted by Crippen LogP contribution is 2.31.